The summed E-state index contributed by atoms with van der Waals surface area (Å²) in [5.41, 5.74) is 2.89. The Morgan fingerprint density at radius 2 is 1.95 bits per heavy atom. The maximum absolute atomic E-state index is 12.3. The van der Waals surface area contributed by atoms with E-state index in [1.54, 1.807) is 6.07 Å². The van der Waals surface area contributed by atoms with Crippen LogP contribution < -0.4 is 10.6 Å². The van der Waals surface area contributed by atoms with Crippen molar-refractivity contribution in [3.8, 4) is 0 Å². The molecule has 5 heteroatoms. The Balaban J connectivity index is 0.00000242. The molecule has 4 nitrogen and oxygen atoms in total. The zero-order chi connectivity index (χ0) is 15.2. The van der Waals surface area contributed by atoms with E-state index in [9.17, 15) is 4.79 Å². The third-order valence-electron chi connectivity index (χ3n) is 3.40. The Morgan fingerprint density at radius 3 is 2.59 bits per heavy atom. The third-order valence-corrected chi connectivity index (χ3v) is 3.40. The number of furan rings is 1. The summed E-state index contributed by atoms with van der Waals surface area (Å²) in [5.74, 6) is 1.02. The smallest absolute Gasteiger partial charge is 0.291 e. The van der Waals surface area contributed by atoms with E-state index in [0.717, 1.165) is 42.1 Å². The normalized spacial score (nSPS) is 10.1. The Hall–Kier alpha value is -1.78. The zero-order valence-corrected chi connectivity index (χ0v) is 14.0. The fourth-order valence-corrected chi connectivity index (χ4v) is 2.22. The first kappa shape index (κ1) is 18.3. The maximum Gasteiger partial charge on any atom is 0.291 e. The number of hydrogen-bond acceptors (Lipinski definition) is 3. The number of rotatable bonds is 6. The molecule has 0 spiro atoms. The fourth-order valence-electron chi connectivity index (χ4n) is 2.22. The minimum atomic E-state index is -0.207. The van der Waals surface area contributed by atoms with Crippen LogP contribution in [0.4, 0.5) is 5.69 Å². The maximum atomic E-state index is 12.3. The Bertz CT molecular complexity index is 623. The van der Waals surface area contributed by atoms with E-state index in [-0.39, 0.29) is 18.3 Å². The average molecular weight is 323 g/mol. The van der Waals surface area contributed by atoms with Crippen LogP contribution in [0.3, 0.4) is 0 Å². The monoisotopic (exact) mass is 322 g/mol. The van der Waals surface area contributed by atoms with Gasteiger partial charge in [-0.25, -0.2) is 0 Å². The second kappa shape index (κ2) is 8.61. The predicted octanol–water partition coefficient (Wildman–Crippen LogP) is 3.93. The van der Waals surface area contributed by atoms with E-state index in [1.807, 2.05) is 38.1 Å². The summed E-state index contributed by atoms with van der Waals surface area (Å²) in [7, 11) is 0. The molecule has 2 aromatic rings. The summed E-state index contributed by atoms with van der Waals surface area (Å²) in [6.07, 6.45) is 0.788. The van der Waals surface area contributed by atoms with Gasteiger partial charge < -0.3 is 15.1 Å². The first-order valence-electron chi connectivity index (χ1n) is 7.35. The highest BCUT2D eigenvalue weighted by Gasteiger charge is 2.14. The van der Waals surface area contributed by atoms with Crippen LogP contribution in [-0.2, 0) is 13.0 Å². The average Bonchev–Trinajstić information content (AvgIpc) is 2.87. The third kappa shape index (κ3) is 4.36. The van der Waals surface area contributed by atoms with Gasteiger partial charge in [0.15, 0.2) is 5.76 Å². The van der Waals surface area contributed by atoms with E-state index >= 15 is 0 Å². The molecule has 0 aliphatic carbocycles. The van der Waals surface area contributed by atoms with Crippen molar-refractivity contribution in [1.82, 2.24) is 5.32 Å². The van der Waals surface area contributed by atoms with Crippen LogP contribution in [0.5, 0.6) is 0 Å². The molecule has 0 fully saturated rings. The highest BCUT2D eigenvalue weighted by Crippen LogP contribution is 2.19. The van der Waals surface area contributed by atoms with Crippen molar-refractivity contribution in [3.05, 3.63) is 53.0 Å². The molecule has 2 N–H and O–H groups in total. The molecule has 0 bridgehead atoms. The molecule has 0 aliphatic rings. The summed E-state index contributed by atoms with van der Waals surface area (Å²) < 4.78 is 5.59. The van der Waals surface area contributed by atoms with E-state index < -0.39 is 0 Å². The molecular formula is C17H23ClN2O2. The lowest BCUT2D eigenvalue weighted by molar-refractivity contribution is 0.0995. The van der Waals surface area contributed by atoms with Crippen molar-refractivity contribution in [2.75, 3.05) is 11.9 Å². The van der Waals surface area contributed by atoms with E-state index in [1.165, 1.54) is 0 Å². The second-order valence-electron chi connectivity index (χ2n) is 4.96. The predicted molar refractivity (Wildman–Crippen MR) is 91.8 cm³/mol. The van der Waals surface area contributed by atoms with Crippen LogP contribution in [-0.4, -0.2) is 12.5 Å². The van der Waals surface area contributed by atoms with Gasteiger partial charge in [-0.1, -0.05) is 32.0 Å². The largest absolute Gasteiger partial charge is 0.456 e. The standard InChI is InChI=1S/C17H22N2O2.ClH/c1-4-15-12(3)10-16(21-15)17(20)19-14-9-7-6-8-13(14)11-18-5-2;/h6-10,18H,4-5,11H2,1-3H3,(H,19,20);1H. The van der Waals surface area contributed by atoms with Crippen molar-refractivity contribution in [1.29, 1.82) is 0 Å². The van der Waals surface area contributed by atoms with Crippen LogP contribution in [0.15, 0.2) is 34.7 Å². The highest BCUT2D eigenvalue weighted by atomic mass is 35.5. The lowest BCUT2D eigenvalue weighted by Crippen LogP contribution is -2.16. The molecule has 0 unspecified atom stereocenters. The molecule has 0 saturated heterocycles. The van der Waals surface area contributed by atoms with Gasteiger partial charge in [0.1, 0.15) is 5.76 Å². The summed E-state index contributed by atoms with van der Waals surface area (Å²) in [6.45, 7) is 7.64. The molecule has 120 valence electrons. The molecule has 1 heterocycles. The fraction of sp³-hybridized carbons (Fsp3) is 0.353. The molecule has 0 radical (unpaired) electrons. The van der Waals surface area contributed by atoms with Crippen molar-refractivity contribution >= 4 is 24.0 Å². The summed E-state index contributed by atoms with van der Waals surface area (Å²) in [4.78, 5) is 12.3. The Morgan fingerprint density at radius 1 is 1.23 bits per heavy atom. The molecule has 2 rings (SSSR count). The first-order chi connectivity index (χ1) is 10.2. The summed E-state index contributed by atoms with van der Waals surface area (Å²) >= 11 is 0. The van der Waals surface area contributed by atoms with Gasteiger partial charge in [0.05, 0.1) is 0 Å². The topological polar surface area (TPSA) is 54.3 Å². The minimum Gasteiger partial charge on any atom is -0.456 e. The molecule has 1 aromatic heterocycles. The van der Waals surface area contributed by atoms with Crippen molar-refractivity contribution < 1.29 is 9.21 Å². The van der Waals surface area contributed by atoms with Gasteiger partial charge in [0, 0.05) is 18.7 Å². The quantitative estimate of drug-likeness (QED) is 0.847. The molecule has 0 saturated carbocycles. The van der Waals surface area contributed by atoms with Gasteiger partial charge in [-0.2, -0.15) is 0 Å². The Labute approximate surface area is 137 Å². The molecular weight excluding hydrogens is 300 g/mol. The van der Waals surface area contributed by atoms with Crippen molar-refractivity contribution in [3.63, 3.8) is 0 Å². The summed E-state index contributed by atoms with van der Waals surface area (Å²) in [6, 6.07) is 9.58. The van der Waals surface area contributed by atoms with Crippen LogP contribution in [0.25, 0.3) is 0 Å². The van der Waals surface area contributed by atoms with Gasteiger partial charge in [-0.15, -0.1) is 12.4 Å². The number of anilines is 1. The van der Waals surface area contributed by atoms with Gasteiger partial charge in [-0.05, 0) is 36.7 Å². The van der Waals surface area contributed by atoms with Crippen LogP contribution in [0.1, 0.15) is 41.3 Å². The first-order valence-corrected chi connectivity index (χ1v) is 7.35. The number of carbonyl (C=O) groups is 1. The van der Waals surface area contributed by atoms with E-state index in [2.05, 4.69) is 17.6 Å². The van der Waals surface area contributed by atoms with Gasteiger partial charge in [-0.3, -0.25) is 4.79 Å². The van der Waals surface area contributed by atoms with Crippen LogP contribution in [0.2, 0.25) is 0 Å². The molecule has 22 heavy (non-hydrogen) atoms. The van der Waals surface area contributed by atoms with Gasteiger partial charge >= 0.3 is 0 Å². The number of aryl methyl sites for hydroxylation is 2. The molecule has 0 aliphatic heterocycles. The number of benzene rings is 1. The van der Waals surface area contributed by atoms with E-state index in [0.29, 0.717) is 5.76 Å². The van der Waals surface area contributed by atoms with Crippen molar-refractivity contribution in [2.24, 2.45) is 0 Å². The van der Waals surface area contributed by atoms with Gasteiger partial charge in [0.2, 0.25) is 0 Å². The number of nitrogens with one attached hydrogen (secondary N) is 2. The number of hydrogen-bond donors (Lipinski definition) is 2. The van der Waals surface area contributed by atoms with Crippen molar-refractivity contribution in [2.45, 2.75) is 33.7 Å². The summed E-state index contributed by atoms with van der Waals surface area (Å²) in [5, 5.41) is 6.19. The molecule has 0 atom stereocenters. The van der Waals surface area contributed by atoms with Gasteiger partial charge in [0.25, 0.3) is 5.91 Å². The lowest BCUT2D eigenvalue weighted by atomic mass is 10.1. The molecule has 1 aromatic carbocycles. The Kier molecular flexibility index (Phi) is 7.15. The minimum absolute atomic E-state index is 0. The SMILES string of the molecule is CCNCc1ccccc1NC(=O)c1cc(C)c(CC)o1.Cl. The zero-order valence-electron chi connectivity index (χ0n) is 13.2. The highest BCUT2D eigenvalue weighted by molar-refractivity contribution is 6.02. The number of para-hydroxylation sites is 1. The van der Waals surface area contributed by atoms with E-state index in [4.69, 9.17) is 4.42 Å². The van der Waals surface area contributed by atoms with Crippen LogP contribution >= 0.6 is 12.4 Å². The number of halogens is 1. The lowest BCUT2D eigenvalue weighted by Gasteiger charge is -2.10. The van der Waals surface area contributed by atoms with Crippen LogP contribution in [0, 0.1) is 6.92 Å². The second-order valence-corrected chi connectivity index (χ2v) is 4.96. The number of carbonyl (C=O) groups excluding carboxylic acids is 1. The molecule has 1 amide bonds. The number of amides is 1.